The second-order valence-corrected chi connectivity index (χ2v) is 3.01. The molecule has 1 aromatic heterocycles. The summed E-state index contributed by atoms with van der Waals surface area (Å²) in [5.41, 5.74) is 5.19. The number of nitro groups is 1. The van der Waals surface area contributed by atoms with Crippen molar-refractivity contribution in [1.82, 2.24) is 0 Å². The topological polar surface area (TPSA) is 78.4 Å². The first-order valence-corrected chi connectivity index (χ1v) is 4.13. The van der Waals surface area contributed by atoms with E-state index in [-0.39, 0.29) is 5.00 Å². The zero-order valence-electron chi connectivity index (χ0n) is 6.23. The Morgan fingerprint density at radius 2 is 2.42 bits per heavy atom. The molecule has 2 N–H and O–H groups in total. The Bertz CT molecular complexity index is 274. The van der Waals surface area contributed by atoms with Gasteiger partial charge < -0.3 is 10.5 Å². The molecule has 0 aliphatic rings. The zero-order valence-corrected chi connectivity index (χ0v) is 7.04. The molecule has 12 heavy (non-hydrogen) atoms. The zero-order chi connectivity index (χ0) is 8.97. The van der Waals surface area contributed by atoms with Crippen molar-refractivity contribution in [3.63, 3.8) is 0 Å². The van der Waals surface area contributed by atoms with Crippen molar-refractivity contribution >= 4 is 16.3 Å². The highest BCUT2D eigenvalue weighted by atomic mass is 32.1. The molecule has 1 aromatic rings. The van der Waals surface area contributed by atoms with E-state index in [1.54, 1.807) is 6.07 Å². The Morgan fingerprint density at radius 3 is 2.92 bits per heavy atom. The lowest BCUT2D eigenvalue weighted by molar-refractivity contribution is -0.380. The third kappa shape index (κ3) is 2.18. The molecule has 0 aliphatic heterocycles. The highest BCUT2D eigenvalue weighted by Gasteiger charge is 2.09. The molecule has 0 aliphatic carbocycles. The SMILES string of the molecule is NCCOc1ccc([N+](=O)[O-])s1. The summed E-state index contributed by atoms with van der Waals surface area (Å²) in [4.78, 5) is 9.78. The molecule has 0 saturated heterocycles. The van der Waals surface area contributed by atoms with Crippen molar-refractivity contribution in [2.24, 2.45) is 5.73 Å². The van der Waals surface area contributed by atoms with E-state index in [1.165, 1.54) is 6.07 Å². The van der Waals surface area contributed by atoms with Crippen LogP contribution in [-0.2, 0) is 0 Å². The molecule has 0 aromatic carbocycles. The molecule has 0 saturated carbocycles. The number of ether oxygens (including phenoxy) is 1. The number of rotatable bonds is 4. The van der Waals surface area contributed by atoms with E-state index >= 15 is 0 Å². The third-order valence-electron chi connectivity index (χ3n) is 1.11. The van der Waals surface area contributed by atoms with E-state index in [9.17, 15) is 10.1 Å². The Hall–Kier alpha value is -1.14. The highest BCUT2D eigenvalue weighted by Crippen LogP contribution is 2.29. The fraction of sp³-hybridized carbons (Fsp3) is 0.333. The van der Waals surface area contributed by atoms with Gasteiger partial charge in [0.05, 0.1) is 4.92 Å². The quantitative estimate of drug-likeness (QED) is 0.564. The van der Waals surface area contributed by atoms with Gasteiger partial charge in [0.2, 0.25) is 0 Å². The molecule has 0 spiro atoms. The normalized spacial score (nSPS) is 9.75. The van der Waals surface area contributed by atoms with E-state index in [0.717, 1.165) is 11.3 Å². The summed E-state index contributed by atoms with van der Waals surface area (Å²) in [6.07, 6.45) is 0. The van der Waals surface area contributed by atoms with Crippen LogP contribution in [0.1, 0.15) is 0 Å². The van der Waals surface area contributed by atoms with Gasteiger partial charge in [0, 0.05) is 12.6 Å². The second kappa shape index (κ2) is 4.03. The predicted octanol–water partition coefficient (Wildman–Crippen LogP) is 0.994. The minimum Gasteiger partial charge on any atom is -0.482 e. The Kier molecular flexibility index (Phi) is 3.01. The van der Waals surface area contributed by atoms with Gasteiger partial charge in [-0.05, 0) is 17.4 Å². The maximum Gasteiger partial charge on any atom is 0.327 e. The van der Waals surface area contributed by atoms with Gasteiger partial charge in [0.25, 0.3) is 0 Å². The summed E-state index contributed by atoms with van der Waals surface area (Å²) in [5, 5.41) is 10.8. The summed E-state index contributed by atoms with van der Waals surface area (Å²) in [6.45, 7) is 0.795. The number of hydrogen-bond donors (Lipinski definition) is 1. The van der Waals surface area contributed by atoms with Crippen molar-refractivity contribution in [2.45, 2.75) is 0 Å². The molecule has 1 rings (SSSR count). The molecule has 1 heterocycles. The van der Waals surface area contributed by atoms with Crippen LogP contribution in [-0.4, -0.2) is 18.1 Å². The molecule has 66 valence electrons. The number of thiophene rings is 1. The number of hydrogen-bond acceptors (Lipinski definition) is 5. The molecule has 5 nitrogen and oxygen atoms in total. The van der Waals surface area contributed by atoms with Gasteiger partial charge in [0.1, 0.15) is 6.61 Å². The van der Waals surface area contributed by atoms with Crippen molar-refractivity contribution in [1.29, 1.82) is 0 Å². The van der Waals surface area contributed by atoms with Crippen LogP contribution in [0.4, 0.5) is 5.00 Å². The Labute approximate surface area is 72.9 Å². The molecule has 0 fully saturated rings. The summed E-state index contributed by atoms with van der Waals surface area (Å²) in [5.74, 6) is 0. The Morgan fingerprint density at radius 1 is 1.67 bits per heavy atom. The fourth-order valence-corrected chi connectivity index (χ4v) is 1.34. The van der Waals surface area contributed by atoms with Gasteiger partial charge in [-0.15, -0.1) is 0 Å². The highest BCUT2D eigenvalue weighted by molar-refractivity contribution is 7.17. The molecule has 0 radical (unpaired) electrons. The minimum absolute atomic E-state index is 0.0852. The largest absolute Gasteiger partial charge is 0.482 e. The van der Waals surface area contributed by atoms with Gasteiger partial charge in [0.15, 0.2) is 5.06 Å². The second-order valence-electron chi connectivity index (χ2n) is 1.99. The summed E-state index contributed by atoms with van der Waals surface area (Å²) >= 11 is 1.00. The molecule has 0 bridgehead atoms. The van der Waals surface area contributed by atoms with Crippen LogP contribution in [0.2, 0.25) is 0 Å². The average Bonchev–Trinajstić information content (AvgIpc) is 2.48. The number of nitrogens with two attached hydrogens (primary N) is 1. The maximum absolute atomic E-state index is 10.2. The van der Waals surface area contributed by atoms with E-state index in [4.69, 9.17) is 10.5 Å². The standard InChI is InChI=1S/C6H8N2O3S/c7-3-4-11-6-2-1-5(12-6)8(9)10/h1-2H,3-4,7H2. The van der Waals surface area contributed by atoms with Crippen molar-refractivity contribution in [3.8, 4) is 5.06 Å². The Balaban J connectivity index is 2.58. The molecular weight excluding hydrogens is 180 g/mol. The molecule has 6 heteroatoms. The van der Waals surface area contributed by atoms with E-state index in [2.05, 4.69) is 0 Å². The third-order valence-corrected chi connectivity index (χ3v) is 2.06. The smallest absolute Gasteiger partial charge is 0.327 e. The van der Waals surface area contributed by atoms with Crippen molar-refractivity contribution in [3.05, 3.63) is 22.2 Å². The van der Waals surface area contributed by atoms with Crippen LogP contribution < -0.4 is 10.5 Å². The fourth-order valence-electron chi connectivity index (χ4n) is 0.646. The summed E-state index contributed by atoms with van der Waals surface area (Å²) in [7, 11) is 0. The van der Waals surface area contributed by atoms with E-state index in [1.807, 2.05) is 0 Å². The maximum atomic E-state index is 10.2. The minimum atomic E-state index is -0.444. The van der Waals surface area contributed by atoms with Gasteiger partial charge in [-0.2, -0.15) is 0 Å². The molecule has 0 unspecified atom stereocenters. The van der Waals surface area contributed by atoms with Gasteiger partial charge in [-0.25, -0.2) is 0 Å². The van der Waals surface area contributed by atoms with Gasteiger partial charge in [-0.3, -0.25) is 10.1 Å². The van der Waals surface area contributed by atoms with Crippen molar-refractivity contribution in [2.75, 3.05) is 13.2 Å². The van der Waals surface area contributed by atoms with Gasteiger partial charge >= 0.3 is 5.00 Å². The monoisotopic (exact) mass is 188 g/mol. The van der Waals surface area contributed by atoms with Crippen LogP contribution in [0.3, 0.4) is 0 Å². The van der Waals surface area contributed by atoms with Crippen LogP contribution in [0.25, 0.3) is 0 Å². The lowest BCUT2D eigenvalue weighted by atomic mass is 10.6. The molecular formula is C6H8N2O3S. The van der Waals surface area contributed by atoms with Gasteiger partial charge in [-0.1, -0.05) is 0 Å². The number of nitrogens with zero attached hydrogens (tertiary/aromatic N) is 1. The van der Waals surface area contributed by atoms with E-state index in [0.29, 0.717) is 18.2 Å². The van der Waals surface area contributed by atoms with Crippen LogP contribution in [0.15, 0.2) is 12.1 Å². The van der Waals surface area contributed by atoms with E-state index < -0.39 is 4.92 Å². The first kappa shape index (κ1) is 8.95. The average molecular weight is 188 g/mol. The van der Waals surface area contributed by atoms with Crippen LogP contribution in [0.5, 0.6) is 5.06 Å². The van der Waals surface area contributed by atoms with Crippen LogP contribution in [0, 0.1) is 10.1 Å². The molecule has 0 amide bonds. The lowest BCUT2D eigenvalue weighted by Gasteiger charge is -1.97. The lowest BCUT2D eigenvalue weighted by Crippen LogP contribution is -2.09. The molecule has 0 atom stereocenters. The first-order valence-electron chi connectivity index (χ1n) is 3.31. The van der Waals surface area contributed by atoms with Crippen molar-refractivity contribution < 1.29 is 9.66 Å². The summed E-state index contributed by atoms with van der Waals surface area (Å²) in [6, 6.07) is 2.98. The predicted molar refractivity (Wildman–Crippen MR) is 45.5 cm³/mol. The first-order chi connectivity index (χ1) is 5.74. The summed E-state index contributed by atoms with van der Waals surface area (Å²) < 4.78 is 5.08. The van der Waals surface area contributed by atoms with Crippen LogP contribution >= 0.6 is 11.3 Å².